The molecule has 114 valence electrons. The summed E-state index contributed by atoms with van der Waals surface area (Å²) < 4.78 is 5.42. The number of aliphatic hydroxyl groups is 1. The molecule has 0 aromatic carbocycles. The standard InChI is InChI=1S/C16H22N2O3/c1-13(2)7-10-21-11-8-17-16(20)15-6-5-14(12-18-15)4-3-9-19/h5-6,12-13,19H,7-11H2,1-2H3,(H,17,20). The van der Waals surface area contributed by atoms with Gasteiger partial charge in [-0.3, -0.25) is 4.79 Å². The Morgan fingerprint density at radius 3 is 2.86 bits per heavy atom. The molecule has 2 N–H and O–H groups in total. The van der Waals surface area contributed by atoms with Gasteiger partial charge in [0.05, 0.1) is 6.61 Å². The van der Waals surface area contributed by atoms with Crippen molar-refractivity contribution in [2.45, 2.75) is 20.3 Å². The molecule has 1 heterocycles. The summed E-state index contributed by atoms with van der Waals surface area (Å²) in [6.45, 7) is 5.77. The highest BCUT2D eigenvalue weighted by Gasteiger charge is 2.05. The third-order valence-electron chi connectivity index (χ3n) is 2.68. The van der Waals surface area contributed by atoms with E-state index >= 15 is 0 Å². The third kappa shape index (κ3) is 7.45. The van der Waals surface area contributed by atoms with Gasteiger partial charge >= 0.3 is 0 Å². The van der Waals surface area contributed by atoms with Crippen LogP contribution in [0.4, 0.5) is 0 Å². The second-order valence-corrected chi connectivity index (χ2v) is 4.94. The highest BCUT2D eigenvalue weighted by molar-refractivity contribution is 5.92. The van der Waals surface area contributed by atoms with Crippen LogP contribution in [-0.2, 0) is 4.74 Å². The lowest BCUT2D eigenvalue weighted by molar-refractivity contribution is 0.0901. The van der Waals surface area contributed by atoms with E-state index in [1.54, 1.807) is 12.1 Å². The Bertz CT molecular complexity index is 486. The van der Waals surface area contributed by atoms with E-state index in [2.05, 4.69) is 36.0 Å². The van der Waals surface area contributed by atoms with Crippen molar-refractivity contribution < 1.29 is 14.6 Å². The van der Waals surface area contributed by atoms with Crippen molar-refractivity contribution in [3.8, 4) is 11.8 Å². The number of ether oxygens (including phenoxy) is 1. The highest BCUT2D eigenvalue weighted by atomic mass is 16.5. The summed E-state index contributed by atoms with van der Waals surface area (Å²) >= 11 is 0. The number of carbonyl (C=O) groups is 1. The van der Waals surface area contributed by atoms with Crippen molar-refractivity contribution in [1.82, 2.24) is 10.3 Å². The van der Waals surface area contributed by atoms with Crippen LogP contribution in [0.15, 0.2) is 18.3 Å². The molecule has 1 amide bonds. The minimum Gasteiger partial charge on any atom is -0.384 e. The van der Waals surface area contributed by atoms with Gasteiger partial charge in [0, 0.05) is 24.9 Å². The van der Waals surface area contributed by atoms with E-state index in [0.717, 1.165) is 6.42 Å². The Labute approximate surface area is 125 Å². The van der Waals surface area contributed by atoms with Crippen LogP contribution in [0.3, 0.4) is 0 Å². The van der Waals surface area contributed by atoms with Crippen LogP contribution in [0.1, 0.15) is 36.3 Å². The molecule has 21 heavy (non-hydrogen) atoms. The van der Waals surface area contributed by atoms with E-state index in [-0.39, 0.29) is 12.5 Å². The molecule has 0 saturated carbocycles. The number of aromatic nitrogens is 1. The largest absolute Gasteiger partial charge is 0.384 e. The minimum absolute atomic E-state index is 0.195. The van der Waals surface area contributed by atoms with Gasteiger partial charge in [0.2, 0.25) is 0 Å². The summed E-state index contributed by atoms with van der Waals surface area (Å²) in [6.07, 6.45) is 2.53. The predicted octanol–water partition coefficient (Wildman–Crippen LogP) is 1.22. The van der Waals surface area contributed by atoms with Crippen LogP contribution in [0.25, 0.3) is 0 Å². The van der Waals surface area contributed by atoms with Crippen LogP contribution >= 0.6 is 0 Å². The number of hydrogen-bond acceptors (Lipinski definition) is 4. The monoisotopic (exact) mass is 290 g/mol. The summed E-state index contributed by atoms with van der Waals surface area (Å²) in [5, 5.41) is 11.3. The number of aliphatic hydroxyl groups excluding tert-OH is 1. The van der Waals surface area contributed by atoms with Crippen molar-refractivity contribution in [3.63, 3.8) is 0 Å². The van der Waals surface area contributed by atoms with E-state index in [0.29, 0.717) is 36.9 Å². The van der Waals surface area contributed by atoms with Crippen molar-refractivity contribution >= 4 is 5.91 Å². The van der Waals surface area contributed by atoms with Gasteiger partial charge < -0.3 is 15.2 Å². The first-order chi connectivity index (χ1) is 10.1. The molecule has 0 saturated heterocycles. The zero-order valence-electron chi connectivity index (χ0n) is 12.6. The molecule has 0 bridgehead atoms. The summed E-state index contributed by atoms with van der Waals surface area (Å²) in [5.74, 6) is 5.63. The van der Waals surface area contributed by atoms with E-state index < -0.39 is 0 Å². The lowest BCUT2D eigenvalue weighted by Crippen LogP contribution is -2.28. The summed E-state index contributed by atoms with van der Waals surface area (Å²) in [4.78, 5) is 15.8. The molecule has 5 nitrogen and oxygen atoms in total. The van der Waals surface area contributed by atoms with Crippen molar-refractivity contribution in [1.29, 1.82) is 0 Å². The fourth-order valence-electron chi connectivity index (χ4n) is 1.49. The molecule has 1 aromatic rings. The smallest absolute Gasteiger partial charge is 0.269 e. The fourth-order valence-corrected chi connectivity index (χ4v) is 1.49. The molecule has 0 unspecified atom stereocenters. The van der Waals surface area contributed by atoms with Crippen LogP contribution < -0.4 is 5.32 Å². The number of hydrogen-bond donors (Lipinski definition) is 2. The number of nitrogens with zero attached hydrogens (tertiary/aromatic N) is 1. The lowest BCUT2D eigenvalue weighted by Gasteiger charge is -2.07. The van der Waals surface area contributed by atoms with Crippen LogP contribution in [-0.4, -0.2) is 42.4 Å². The number of pyridine rings is 1. The molecule has 0 radical (unpaired) electrons. The second kappa shape index (κ2) is 9.92. The zero-order chi connectivity index (χ0) is 15.5. The Morgan fingerprint density at radius 1 is 1.43 bits per heavy atom. The first-order valence-electron chi connectivity index (χ1n) is 7.05. The second-order valence-electron chi connectivity index (χ2n) is 4.94. The Morgan fingerprint density at radius 2 is 2.24 bits per heavy atom. The highest BCUT2D eigenvalue weighted by Crippen LogP contribution is 1.99. The normalized spacial score (nSPS) is 10.1. The molecule has 0 spiro atoms. The van der Waals surface area contributed by atoms with E-state index in [9.17, 15) is 4.79 Å². The van der Waals surface area contributed by atoms with E-state index in [1.165, 1.54) is 6.20 Å². The molecule has 0 aliphatic carbocycles. The maximum atomic E-state index is 11.8. The third-order valence-corrected chi connectivity index (χ3v) is 2.68. The van der Waals surface area contributed by atoms with E-state index in [4.69, 9.17) is 9.84 Å². The van der Waals surface area contributed by atoms with Gasteiger partial charge in [0.25, 0.3) is 5.91 Å². The summed E-state index contributed by atoms with van der Waals surface area (Å²) in [5.41, 5.74) is 1.00. The Balaban J connectivity index is 2.29. The first kappa shape index (κ1) is 17.2. The quantitative estimate of drug-likeness (QED) is 0.585. The van der Waals surface area contributed by atoms with Gasteiger partial charge in [-0.1, -0.05) is 25.7 Å². The molecular weight excluding hydrogens is 268 g/mol. The number of rotatable bonds is 7. The zero-order valence-corrected chi connectivity index (χ0v) is 12.6. The Kier molecular flexibility index (Phi) is 8.10. The van der Waals surface area contributed by atoms with Crippen molar-refractivity contribution in [2.24, 2.45) is 5.92 Å². The molecular formula is C16H22N2O3. The predicted molar refractivity (Wildman–Crippen MR) is 80.8 cm³/mol. The van der Waals surface area contributed by atoms with Crippen LogP contribution in [0.2, 0.25) is 0 Å². The average molecular weight is 290 g/mol. The van der Waals surface area contributed by atoms with Gasteiger partial charge in [0.15, 0.2) is 0 Å². The maximum Gasteiger partial charge on any atom is 0.269 e. The van der Waals surface area contributed by atoms with Gasteiger partial charge in [-0.05, 0) is 24.5 Å². The van der Waals surface area contributed by atoms with Gasteiger partial charge in [-0.15, -0.1) is 0 Å². The van der Waals surface area contributed by atoms with Crippen LogP contribution in [0.5, 0.6) is 0 Å². The van der Waals surface area contributed by atoms with E-state index in [1.807, 2.05) is 0 Å². The number of carbonyl (C=O) groups excluding carboxylic acids is 1. The average Bonchev–Trinajstić information content (AvgIpc) is 2.48. The fraction of sp³-hybridized carbons (Fsp3) is 0.500. The topological polar surface area (TPSA) is 71.5 Å². The lowest BCUT2D eigenvalue weighted by atomic mass is 10.1. The number of nitrogens with one attached hydrogen (secondary N) is 1. The molecule has 0 atom stereocenters. The maximum absolute atomic E-state index is 11.8. The van der Waals surface area contributed by atoms with Crippen molar-refractivity contribution in [3.05, 3.63) is 29.6 Å². The molecule has 0 aliphatic heterocycles. The van der Waals surface area contributed by atoms with Gasteiger partial charge in [-0.2, -0.15) is 0 Å². The molecule has 0 aliphatic rings. The summed E-state index contributed by atoms with van der Waals surface area (Å²) in [6, 6.07) is 3.31. The SMILES string of the molecule is CC(C)CCOCCNC(=O)c1ccc(C#CCO)cn1. The van der Waals surface area contributed by atoms with Crippen molar-refractivity contribution in [2.75, 3.05) is 26.4 Å². The van der Waals surface area contributed by atoms with Crippen LogP contribution in [0, 0.1) is 17.8 Å². The van der Waals surface area contributed by atoms with Gasteiger partial charge in [0.1, 0.15) is 12.3 Å². The summed E-state index contributed by atoms with van der Waals surface area (Å²) in [7, 11) is 0. The molecule has 1 aromatic heterocycles. The van der Waals surface area contributed by atoms with Gasteiger partial charge in [-0.25, -0.2) is 4.98 Å². The molecule has 5 heteroatoms. The minimum atomic E-state index is -0.232. The molecule has 1 rings (SSSR count). The number of amides is 1. The Hall–Kier alpha value is -1.90. The molecule has 0 fully saturated rings. The first-order valence-corrected chi connectivity index (χ1v) is 7.05.